The molecule has 0 saturated heterocycles. The molecule has 0 fully saturated rings. The SMILES string of the molecule is CC(=O)Oc1ccc(N2C(=O)C=CC2=O)cc1.O=C(O)/C=C\C(=O)O. The van der Waals surface area contributed by atoms with Gasteiger partial charge < -0.3 is 14.9 Å². The lowest BCUT2D eigenvalue weighted by Crippen LogP contribution is -2.29. The lowest BCUT2D eigenvalue weighted by molar-refractivity contribution is -0.134. The van der Waals surface area contributed by atoms with E-state index in [9.17, 15) is 24.0 Å². The van der Waals surface area contributed by atoms with Crippen LogP contribution in [0.4, 0.5) is 5.69 Å². The van der Waals surface area contributed by atoms with Crippen LogP contribution in [0.2, 0.25) is 0 Å². The number of carbonyl (C=O) groups is 5. The first-order valence-electron chi connectivity index (χ1n) is 6.69. The normalized spacial score (nSPS) is 12.8. The summed E-state index contributed by atoms with van der Waals surface area (Å²) in [6.45, 7) is 1.30. The molecule has 9 heteroatoms. The number of ether oxygens (including phenoxy) is 1. The highest BCUT2D eigenvalue weighted by Crippen LogP contribution is 2.22. The lowest BCUT2D eigenvalue weighted by atomic mass is 10.3. The molecule has 0 saturated carbocycles. The Morgan fingerprint density at radius 1 is 0.920 bits per heavy atom. The van der Waals surface area contributed by atoms with Crippen LogP contribution in [-0.4, -0.2) is 39.9 Å². The van der Waals surface area contributed by atoms with Crippen LogP contribution < -0.4 is 9.64 Å². The Bertz CT molecular complexity index is 727. The zero-order valence-corrected chi connectivity index (χ0v) is 12.9. The second kappa shape index (κ2) is 8.77. The smallest absolute Gasteiger partial charge is 0.328 e. The molecule has 25 heavy (non-hydrogen) atoms. The number of carbonyl (C=O) groups excluding carboxylic acids is 3. The number of benzene rings is 1. The molecular formula is C16H13NO8. The quantitative estimate of drug-likeness (QED) is 0.352. The number of carboxylic acids is 2. The molecule has 0 unspecified atom stereocenters. The summed E-state index contributed by atoms with van der Waals surface area (Å²) in [7, 11) is 0. The van der Waals surface area contributed by atoms with Crippen LogP contribution in [-0.2, 0) is 24.0 Å². The summed E-state index contributed by atoms with van der Waals surface area (Å²) in [4.78, 5) is 53.6. The number of aliphatic carboxylic acids is 2. The summed E-state index contributed by atoms with van der Waals surface area (Å²) in [6, 6.07) is 6.13. The van der Waals surface area contributed by atoms with Gasteiger partial charge in [0.2, 0.25) is 0 Å². The molecule has 1 aliphatic rings. The van der Waals surface area contributed by atoms with Crippen LogP contribution >= 0.6 is 0 Å². The molecule has 1 heterocycles. The monoisotopic (exact) mass is 347 g/mol. The fourth-order valence-corrected chi connectivity index (χ4v) is 1.63. The van der Waals surface area contributed by atoms with E-state index in [1.165, 1.54) is 31.2 Å². The van der Waals surface area contributed by atoms with E-state index in [2.05, 4.69) is 0 Å². The number of hydrogen-bond acceptors (Lipinski definition) is 6. The predicted molar refractivity (Wildman–Crippen MR) is 83.8 cm³/mol. The van der Waals surface area contributed by atoms with Crippen molar-refractivity contribution in [3.63, 3.8) is 0 Å². The largest absolute Gasteiger partial charge is 0.478 e. The molecule has 9 nitrogen and oxygen atoms in total. The van der Waals surface area contributed by atoms with Gasteiger partial charge >= 0.3 is 17.9 Å². The van der Waals surface area contributed by atoms with E-state index in [0.717, 1.165) is 4.90 Å². The summed E-state index contributed by atoms with van der Waals surface area (Å²) < 4.78 is 4.84. The second-order valence-electron chi connectivity index (χ2n) is 4.44. The number of amides is 2. The molecule has 1 aromatic rings. The molecule has 0 radical (unpaired) electrons. The highest BCUT2D eigenvalue weighted by atomic mass is 16.5. The van der Waals surface area contributed by atoms with E-state index in [1.807, 2.05) is 0 Å². The molecule has 1 aromatic carbocycles. The summed E-state index contributed by atoms with van der Waals surface area (Å²) in [5.41, 5.74) is 0.445. The van der Waals surface area contributed by atoms with E-state index in [0.29, 0.717) is 23.6 Å². The van der Waals surface area contributed by atoms with Gasteiger partial charge in [-0.05, 0) is 24.3 Å². The van der Waals surface area contributed by atoms with Crippen molar-refractivity contribution in [2.75, 3.05) is 4.90 Å². The minimum Gasteiger partial charge on any atom is -0.478 e. The third-order valence-electron chi connectivity index (χ3n) is 2.53. The molecule has 0 bridgehead atoms. The van der Waals surface area contributed by atoms with Gasteiger partial charge in [0.15, 0.2) is 0 Å². The maximum atomic E-state index is 11.4. The van der Waals surface area contributed by atoms with Gasteiger partial charge in [0.25, 0.3) is 11.8 Å². The van der Waals surface area contributed by atoms with Gasteiger partial charge in [-0.1, -0.05) is 0 Å². The van der Waals surface area contributed by atoms with E-state index < -0.39 is 17.9 Å². The topological polar surface area (TPSA) is 138 Å². The first kappa shape index (κ1) is 19.3. The number of anilines is 1. The van der Waals surface area contributed by atoms with Crippen molar-refractivity contribution in [2.45, 2.75) is 6.92 Å². The summed E-state index contributed by atoms with van der Waals surface area (Å²) in [5, 5.41) is 15.6. The molecule has 130 valence electrons. The average molecular weight is 347 g/mol. The van der Waals surface area contributed by atoms with Crippen LogP contribution in [0.1, 0.15) is 6.92 Å². The lowest BCUT2D eigenvalue weighted by Gasteiger charge is -2.13. The van der Waals surface area contributed by atoms with Gasteiger partial charge in [-0.15, -0.1) is 0 Å². The van der Waals surface area contributed by atoms with E-state index in [1.54, 1.807) is 12.1 Å². The van der Waals surface area contributed by atoms with Crippen molar-refractivity contribution in [1.29, 1.82) is 0 Å². The van der Waals surface area contributed by atoms with Gasteiger partial charge in [-0.25, -0.2) is 14.5 Å². The van der Waals surface area contributed by atoms with Crippen LogP contribution in [0.5, 0.6) is 5.75 Å². The van der Waals surface area contributed by atoms with Crippen molar-refractivity contribution in [3.8, 4) is 5.75 Å². The summed E-state index contributed by atoms with van der Waals surface area (Å²) >= 11 is 0. The van der Waals surface area contributed by atoms with Gasteiger partial charge in [0.1, 0.15) is 5.75 Å². The van der Waals surface area contributed by atoms with Crippen molar-refractivity contribution in [2.24, 2.45) is 0 Å². The fraction of sp³-hybridized carbons (Fsp3) is 0.0625. The van der Waals surface area contributed by atoms with Gasteiger partial charge in [0.05, 0.1) is 5.69 Å². The van der Waals surface area contributed by atoms with Crippen molar-refractivity contribution >= 4 is 35.4 Å². The first-order valence-corrected chi connectivity index (χ1v) is 6.69. The highest BCUT2D eigenvalue weighted by Gasteiger charge is 2.24. The number of hydrogen-bond donors (Lipinski definition) is 2. The molecule has 2 N–H and O–H groups in total. The number of rotatable bonds is 4. The second-order valence-corrected chi connectivity index (χ2v) is 4.44. The number of carboxylic acid groups (broad SMARTS) is 2. The van der Waals surface area contributed by atoms with Gasteiger partial charge in [-0.3, -0.25) is 14.4 Å². The van der Waals surface area contributed by atoms with E-state index >= 15 is 0 Å². The Morgan fingerprint density at radius 3 is 1.72 bits per heavy atom. The highest BCUT2D eigenvalue weighted by molar-refractivity contribution is 6.28. The van der Waals surface area contributed by atoms with Gasteiger partial charge in [0, 0.05) is 31.2 Å². The number of nitrogens with zero attached hydrogens (tertiary/aromatic N) is 1. The molecule has 0 aliphatic carbocycles. The average Bonchev–Trinajstić information content (AvgIpc) is 2.85. The molecule has 2 rings (SSSR count). The van der Waals surface area contributed by atoms with Crippen LogP contribution in [0.15, 0.2) is 48.6 Å². The zero-order valence-electron chi connectivity index (χ0n) is 12.9. The maximum Gasteiger partial charge on any atom is 0.328 e. The van der Waals surface area contributed by atoms with Crippen LogP contribution in [0.25, 0.3) is 0 Å². The van der Waals surface area contributed by atoms with E-state index in [4.69, 9.17) is 14.9 Å². The Labute approximate surface area is 141 Å². The van der Waals surface area contributed by atoms with Crippen LogP contribution in [0.3, 0.4) is 0 Å². The molecular weight excluding hydrogens is 334 g/mol. The summed E-state index contributed by atoms with van der Waals surface area (Å²) in [5.74, 6) is -3.33. The number of imide groups is 1. The number of esters is 1. The van der Waals surface area contributed by atoms with E-state index in [-0.39, 0.29) is 11.8 Å². The standard InChI is InChI=1S/C12H9NO4.C4H4O4/c1-8(14)17-10-4-2-9(3-5-10)13-11(15)6-7-12(13)16;5-3(6)1-2-4(7)8/h2-7H,1H3;1-2H,(H,5,6)(H,7,8)/b;2-1-. The van der Waals surface area contributed by atoms with Crippen molar-refractivity contribution in [3.05, 3.63) is 48.6 Å². The van der Waals surface area contributed by atoms with Crippen molar-refractivity contribution < 1.29 is 38.9 Å². The molecule has 0 atom stereocenters. The molecule has 0 aromatic heterocycles. The maximum absolute atomic E-state index is 11.4. The Balaban J connectivity index is 0.000000333. The minimum absolute atomic E-state index is 0.369. The van der Waals surface area contributed by atoms with Crippen molar-refractivity contribution in [1.82, 2.24) is 0 Å². The van der Waals surface area contributed by atoms with Crippen LogP contribution in [0, 0.1) is 0 Å². The molecule has 1 aliphatic heterocycles. The first-order chi connectivity index (χ1) is 11.7. The Kier molecular flexibility index (Phi) is 6.77. The third-order valence-corrected chi connectivity index (χ3v) is 2.53. The Morgan fingerprint density at radius 2 is 1.36 bits per heavy atom. The summed E-state index contributed by atoms with van der Waals surface area (Å²) in [6.07, 6.45) is 3.54. The zero-order chi connectivity index (χ0) is 19.0. The third kappa shape index (κ3) is 6.48. The Hall–Kier alpha value is -3.75. The minimum atomic E-state index is -1.26. The predicted octanol–water partition coefficient (Wildman–Crippen LogP) is 0.753. The van der Waals surface area contributed by atoms with Gasteiger partial charge in [-0.2, -0.15) is 0 Å². The molecule has 2 amide bonds. The fourth-order valence-electron chi connectivity index (χ4n) is 1.63. The molecule has 0 spiro atoms.